The Balaban J connectivity index is 2.18. The Morgan fingerprint density at radius 2 is 1.70 bits per heavy atom. The van der Waals surface area contributed by atoms with Gasteiger partial charge in [-0.3, -0.25) is 9.59 Å². The molecule has 0 unspecified atom stereocenters. The number of nitrogens with one attached hydrogen (secondary N) is 1. The lowest BCUT2D eigenvalue weighted by atomic mass is 10.1. The van der Waals surface area contributed by atoms with E-state index in [9.17, 15) is 9.59 Å². The highest BCUT2D eigenvalue weighted by atomic mass is 16.5. The van der Waals surface area contributed by atoms with Crippen molar-refractivity contribution in [1.29, 1.82) is 0 Å². The molecular weight excluding hydrogens is 376 g/mol. The van der Waals surface area contributed by atoms with Crippen LogP contribution >= 0.6 is 0 Å². The lowest BCUT2D eigenvalue weighted by molar-refractivity contribution is -0.143. The first-order chi connectivity index (χ1) is 14.3. The zero-order valence-electron chi connectivity index (χ0n) is 18.8. The summed E-state index contributed by atoms with van der Waals surface area (Å²) in [7, 11) is 0. The minimum absolute atomic E-state index is 0.0620. The zero-order valence-corrected chi connectivity index (χ0v) is 18.8. The van der Waals surface area contributed by atoms with Gasteiger partial charge in [0.25, 0.3) is 5.91 Å². The molecule has 0 aliphatic carbocycles. The number of aryl methyl sites for hydroxylation is 2. The van der Waals surface area contributed by atoms with Crippen LogP contribution in [0, 0.1) is 13.8 Å². The first-order valence-corrected chi connectivity index (χ1v) is 10.7. The molecule has 0 aliphatic heterocycles. The SMILES string of the molecule is CC[C@H](C)NC(=O)[C@H](CC)N(Cc1ccccc1)C(=O)COc1ccc(C)c(C)c1. The van der Waals surface area contributed by atoms with Crippen molar-refractivity contribution in [3.05, 3.63) is 65.2 Å². The molecule has 5 nitrogen and oxygen atoms in total. The molecule has 0 spiro atoms. The number of rotatable bonds is 10. The van der Waals surface area contributed by atoms with Gasteiger partial charge in [0.2, 0.25) is 5.91 Å². The minimum Gasteiger partial charge on any atom is -0.484 e. The van der Waals surface area contributed by atoms with E-state index >= 15 is 0 Å². The topological polar surface area (TPSA) is 58.6 Å². The zero-order chi connectivity index (χ0) is 22.1. The van der Waals surface area contributed by atoms with Gasteiger partial charge in [-0.15, -0.1) is 0 Å². The van der Waals surface area contributed by atoms with Gasteiger partial charge < -0.3 is 15.0 Å². The van der Waals surface area contributed by atoms with Gasteiger partial charge in [-0.2, -0.15) is 0 Å². The van der Waals surface area contributed by atoms with Crippen LogP contribution in [0.15, 0.2) is 48.5 Å². The Hall–Kier alpha value is -2.82. The molecule has 2 aromatic carbocycles. The Kier molecular flexibility index (Phi) is 8.90. The monoisotopic (exact) mass is 410 g/mol. The van der Waals surface area contributed by atoms with Gasteiger partial charge in [-0.25, -0.2) is 0 Å². The highest BCUT2D eigenvalue weighted by Gasteiger charge is 2.29. The van der Waals surface area contributed by atoms with E-state index < -0.39 is 6.04 Å². The minimum atomic E-state index is -0.546. The summed E-state index contributed by atoms with van der Waals surface area (Å²) in [6, 6.07) is 15.0. The van der Waals surface area contributed by atoms with Crippen LogP contribution in [0.2, 0.25) is 0 Å². The standard InChI is InChI=1S/C25H34N2O3/c1-6-20(5)26-25(29)23(7-2)27(16-21-11-9-8-10-12-21)24(28)17-30-22-14-13-18(3)19(4)15-22/h8-15,20,23H,6-7,16-17H2,1-5H3,(H,26,29)/t20-,23-/m0/s1. The second-order valence-electron chi connectivity index (χ2n) is 7.78. The van der Waals surface area contributed by atoms with Crippen molar-refractivity contribution in [2.24, 2.45) is 0 Å². The van der Waals surface area contributed by atoms with E-state index in [0.717, 1.165) is 17.5 Å². The van der Waals surface area contributed by atoms with Gasteiger partial charge in [0, 0.05) is 12.6 Å². The summed E-state index contributed by atoms with van der Waals surface area (Å²) in [5.41, 5.74) is 3.26. The van der Waals surface area contributed by atoms with E-state index in [1.807, 2.05) is 83.1 Å². The summed E-state index contributed by atoms with van der Waals surface area (Å²) in [6.45, 7) is 10.2. The number of benzene rings is 2. The Morgan fingerprint density at radius 3 is 2.30 bits per heavy atom. The highest BCUT2D eigenvalue weighted by Crippen LogP contribution is 2.18. The third-order valence-electron chi connectivity index (χ3n) is 5.42. The molecule has 0 aromatic heterocycles. The first kappa shape index (κ1) is 23.5. The van der Waals surface area contributed by atoms with Gasteiger partial charge in [-0.05, 0) is 62.4 Å². The average molecular weight is 411 g/mol. The molecule has 0 aliphatic rings. The van der Waals surface area contributed by atoms with Crippen molar-refractivity contribution >= 4 is 11.8 Å². The van der Waals surface area contributed by atoms with Crippen molar-refractivity contribution < 1.29 is 14.3 Å². The quantitative estimate of drug-likeness (QED) is 0.631. The van der Waals surface area contributed by atoms with E-state index in [0.29, 0.717) is 18.7 Å². The number of nitrogens with zero attached hydrogens (tertiary/aromatic N) is 1. The van der Waals surface area contributed by atoms with Crippen molar-refractivity contribution in [3.8, 4) is 5.75 Å². The third-order valence-corrected chi connectivity index (χ3v) is 5.42. The molecule has 0 bridgehead atoms. The second kappa shape index (κ2) is 11.4. The number of amides is 2. The van der Waals surface area contributed by atoms with Crippen LogP contribution in [0.5, 0.6) is 5.75 Å². The summed E-state index contributed by atoms with van der Waals surface area (Å²) < 4.78 is 5.78. The molecule has 5 heteroatoms. The maximum absolute atomic E-state index is 13.2. The summed E-state index contributed by atoms with van der Waals surface area (Å²) >= 11 is 0. The molecule has 2 atom stereocenters. The molecule has 0 heterocycles. The first-order valence-electron chi connectivity index (χ1n) is 10.7. The number of hydrogen-bond acceptors (Lipinski definition) is 3. The van der Waals surface area contributed by atoms with Crippen LogP contribution in [0.25, 0.3) is 0 Å². The van der Waals surface area contributed by atoms with E-state index in [-0.39, 0.29) is 24.5 Å². The molecule has 2 aromatic rings. The lowest BCUT2D eigenvalue weighted by Crippen LogP contribution is -2.51. The summed E-state index contributed by atoms with van der Waals surface area (Å²) in [5, 5.41) is 3.02. The smallest absolute Gasteiger partial charge is 0.261 e. The van der Waals surface area contributed by atoms with Crippen LogP contribution in [0.3, 0.4) is 0 Å². The van der Waals surface area contributed by atoms with Crippen LogP contribution < -0.4 is 10.1 Å². The molecule has 0 fully saturated rings. The van der Waals surface area contributed by atoms with Crippen LogP contribution in [-0.4, -0.2) is 35.4 Å². The molecule has 162 valence electrons. The number of carbonyl (C=O) groups is 2. The number of carbonyl (C=O) groups excluding carboxylic acids is 2. The second-order valence-corrected chi connectivity index (χ2v) is 7.78. The molecule has 0 saturated heterocycles. The predicted molar refractivity (Wildman–Crippen MR) is 120 cm³/mol. The summed E-state index contributed by atoms with van der Waals surface area (Å²) in [6.07, 6.45) is 1.37. The third kappa shape index (κ3) is 6.61. The van der Waals surface area contributed by atoms with Crippen molar-refractivity contribution in [3.63, 3.8) is 0 Å². The molecule has 2 amide bonds. The maximum Gasteiger partial charge on any atom is 0.261 e. The van der Waals surface area contributed by atoms with Crippen LogP contribution in [0.4, 0.5) is 0 Å². The molecule has 0 saturated carbocycles. The van der Waals surface area contributed by atoms with Crippen molar-refractivity contribution in [2.45, 2.75) is 66.1 Å². The van der Waals surface area contributed by atoms with E-state index in [1.165, 1.54) is 5.56 Å². The largest absolute Gasteiger partial charge is 0.484 e. The summed E-state index contributed by atoms with van der Waals surface area (Å²) in [4.78, 5) is 27.7. The number of ether oxygens (including phenoxy) is 1. The van der Waals surface area contributed by atoms with E-state index in [2.05, 4.69) is 5.32 Å². The van der Waals surface area contributed by atoms with Crippen LogP contribution in [0.1, 0.15) is 50.3 Å². The fourth-order valence-electron chi connectivity index (χ4n) is 3.17. The van der Waals surface area contributed by atoms with E-state index in [4.69, 9.17) is 4.74 Å². The molecular formula is C25H34N2O3. The van der Waals surface area contributed by atoms with Crippen molar-refractivity contribution in [1.82, 2.24) is 10.2 Å². The Morgan fingerprint density at radius 1 is 1.00 bits per heavy atom. The summed E-state index contributed by atoms with van der Waals surface area (Å²) in [5.74, 6) is 0.328. The van der Waals surface area contributed by atoms with Crippen molar-refractivity contribution in [2.75, 3.05) is 6.61 Å². The fourth-order valence-corrected chi connectivity index (χ4v) is 3.17. The molecule has 30 heavy (non-hydrogen) atoms. The van der Waals surface area contributed by atoms with Gasteiger partial charge in [0.05, 0.1) is 0 Å². The van der Waals surface area contributed by atoms with E-state index in [1.54, 1.807) is 4.90 Å². The molecule has 1 N–H and O–H groups in total. The number of hydrogen-bond donors (Lipinski definition) is 1. The van der Waals surface area contributed by atoms with Gasteiger partial charge in [-0.1, -0.05) is 50.2 Å². The van der Waals surface area contributed by atoms with Crippen LogP contribution in [-0.2, 0) is 16.1 Å². The van der Waals surface area contributed by atoms with Gasteiger partial charge >= 0.3 is 0 Å². The lowest BCUT2D eigenvalue weighted by Gasteiger charge is -2.31. The Labute approximate surface area is 180 Å². The fraction of sp³-hybridized carbons (Fsp3) is 0.440. The Bertz CT molecular complexity index is 836. The van der Waals surface area contributed by atoms with Gasteiger partial charge in [0.15, 0.2) is 6.61 Å². The highest BCUT2D eigenvalue weighted by molar-refractivity contribution is 5.88. The predicted octanol–water partition coefficient (Wildman–Crippen LogP) is 4.40. The normalized spacial score (nSPS) is 12.7. The average Bonchev–Trinajstić information content (AvgIpc) is 2.74. The molecule has 0 radical (unpaired) electrons. The molecule has 2 rings (SSSR count). The van der Waals surface area contributed by atoms with Gasteiger partial charge in [0.1, 0.15) is 11.8 Å². The maximum atomic E-state index is 13.2.